The third-order valence-corrected chi connectivity index (χ3v) is 6.26. The van der Waals surface area contributed by atoms with Crippen molar-refractivity contribution in [3.63, 3.8) is 0 Å². The van der Waals surface area contributed by atoms with E-state index in [1.165, 1.54) is 23.5 Å². The Morgan fingerprint density at radius 3 is 2.85 bits per heavy atom. The first-order valence-electron chi connectivity index (χ1n) is 12.4. The molecular formula is C27H25ClF2N8O2. The molecule has 0 spiro atoms. The maximum atomic E-state index is 12.4. The van der Waals surface area contributed by atoms with Gasteiger partial charge in [0.2, 0.25) is 0 Å². The number of H-pyrrole nitrogens is 1. The van der Waals surface area contributed by atoms with Gasteiger partial charge in [-0.15, -0.1) is 0 Å². The number of hydroxylamine groups is 2. The fourth-order valence-electron chi connectivity index (χ4n) is 4.01. The van der Waals surface area contributed by atoms with Crippen LogP contribution in [0.1, 0.15) is 18.4 Å². The second kappa shape index (κ2) is 12.2. The van der Waals surface area contributed by atoms with Crippen LogP contribution in [0.15, 0.2) is 67.2 Å². The summed E-state index contributed by atoms with van der Waals surface area (Å²) in [7, 11) is 0. The van der Waals surface area contributed by atoms with E-state index >= 15 is 0 Å². The number of alkyl halides is 1. The minimum absolute atomic E-state index is 0.183. The third kappa shape index (κ3) is 6.41. The molecule has 1 aliphatic carbocycles. The van der Waals surface area contributed by atoms with Crippen LogP contribution in [0.25, 0.3) is 22.4 Å². The van der Waals surface area contributed by atoms with Crippen LogP contribution in [0.4, 0.5) is 30.8 Å². The molecule has 0 radical (unpaired) electrons. The van der Waals surface area contributed by atoms with E-state index in [2.05, 4.69) is 35.6 Å². The van der Waals surface area contributed by atoms with Crippen LogP contribution in [-0.2, 0) is 4.84 Å². The molecule has 1 aromatic carbocycles. The molecule has 4 aromatic rings. The average molecular weight is 567 g/mol. The number of aromatic amines is 1. The molecule has 206 valence electrons. The van der Waals surface area contributed by atoms with Crippen molar-refractivity contribution in [3.05, 3.63) is 77.8 Å². The summed E-state index contributed by atoms with van der Waals surface area (Å²) >= 11 is 6.25. The van der Waals surface area contributed by atoms with Gasteiger partial charge in [0.15, 0.2) is 5.65 Å². The highest BCUT2D eigenvalue weighted by molar-refractivity contribution is 6.30. The van der Waals surface area contributed by atoms with Crippen LogP contribution in [-0.4, -0.2) is 55.3 Å². The number of aryl methyl sites for hydroxylation is 1. The molecule has 1 saturated heterocycles. The number of nitrogens with one attached hydrogen (secondary N) is 3. The zero-order valence-corrected chi connectivity index (χ0v) is 22.1. The standard InChI is InChI=1S/C21H19ClN8O2.C6H6F2/c1-12-3-4-14(28-21(31)30-5-2-6-32-30)8-16(12)29-19-15(7-13(22)9-23-19)17-18-20(26-10-24-17)27-11-25-18;7-5-1-2-6(8)4-3-5/h3-4,7-11H,2,5-6H2,1H3,(H,23,29)(H,28,31)(H,24,25,26,27);1-3,6H,4H2. The molecule has 0 bridgehead atoms. The lowest BCUT2D eigenvalue weighted by atomic mass is 10.1. The summed E-state index contributed by atoms with van der Waals surface area (Å²) in [5.41, 5.74) is 4.92. The fourth-order valence-corrected chi connectivity index (χ4v) is 4.17. The first-order chi connectivity index (χ1) is 19.4. The highest BCUT2D eigenvalue weighted by Gasteiger charge is 2.20. The number of aromatic nitrogens is 5. The number of carbonyl (C=O) groups excluding carboxylic acids is 1. The third-order valence-electron chi connectivity index (χ3n) is 6.06. The summed E-state index contributed by atoms with van der Waals surface area (Å²) in [6.07, 6.45) is 8.21. The molecule has 40 heavy (non-hydrogen) atoms. The predicted molar refractivity (Wildman–Crippen MR) is 149 cm³/mol. The SMILES string of the molecule is Cc1ccc(NC(=O)N2CCCO2)cc1Nc1ncc(Cl)cc1-c1ncnc2nc[nH]c12.FC1=CCC(F)C=C1. The zero-order chi connectivity index (χ0) is 28.1. The lowest BCUT2D eigenvalue weighted by Gasteiger charge is -2.17. The number of benzene rings is 1. The number of amides is 2. The Balaban J connectivity index is 0.000000348. The number of carbonyl (C=O) groups is 1. The van der Waals surface area contributed by atoms with E-state index in [1.54, 1.807) is 18.6 Å². The zero-order valence-electron chi connectivity index (χ0n) is 21.4. The van der Waals surface area contributed by atoms with Gasteiger partial charge in [-0.1, -0.05) is 17.7 Å². The maximum absolute atomic E-state index is 12.4. The number of allylic oxidation sites excluding steroid dienone is 4. The number of rotatable bonds is 4. The van der Waals surface area contributed by atoms with Crippen molar-refractivity contribution in [2.75, 3.05) is 23.8 Å². The maximum Gasteiger partial charge on any atom is 0.345 e. The molecule has 13 heteroatoms. The largest absolute Gasteiger partial charge is 0.345 e. The topological polar surface area (TPSA) is 121 Å². The number of anilines is 3. The number of urea groups is 1. The van der Waals surface area contributed by atoms with Gasteiger partial charge in [-0.05, 0) is 55.3 Å². The Morgan fingerprint density at radius 2 is 2.10 bits per heavy atom. The minimum atomic E-state index is -0.977. The molecule has 2 aliphatic rings. The Kier molecular flexibility index (Phi) is 8.27. The van der Waals surface area contributed by atoms with Crippen LogP contribution < -0.4 is 10.6 Å². The summed E-state index contributed by atoms with van der Waals surface area (Å²) in [5, 5.41) is 8.01. The average Bonchev–Trinajstić information content (AvgIpc) is 3.66. The highest BCUT2D eigenvalue weighted by atomic mass is 35.5. The van der Waals surface area contributed by atoms with Gasteiger partial charge < -0.3 is 15.6 Å². The monoisotopic (exact) mass is 566 g/mol. The Bertz CT molecular complexity index is 1590. The summed E-state index contributed by atoms with van der Waals surface area (Å²) in [6.45, 7) is 3.08. The number of imidazole rings is 1. The van der Waals surface area contributed by atoms with Crippen molar-refractivity contribution in [1.29, 1.82) is 0 Å². The van der Waals surface area contributed by atoms with Gasteiger partial charge in [0.25, 0.3) is 0 Å². The minimum Gasteiger partial charge on any atom is -0.341 e. The van der Waals surface area contributed by atoms with Crippen molar-refractivity contribution < 1.29 is 18.4 Å². The van der Waals surface area contributed by atoms with Gasteiger partial charge in [-0.2, -0.15) is 0 Å². The molecule has 1 fully saturated rings. The van der Waals surface area contributed by atoms with Crippen molar-refractivity contribution in [2.45, 2.75) is 25.9 Å². The first kappa shape index (κ1) is 27.2. The number of pyridine rings is 1. The molecule has 6 rings (SSSR count). The van der Waals surface area contributed by atoms with E-state index in [1.807, 2.05) is 25.1 Å². The molecule has 10 nitrogen and oxygen atoms in total. The van der Waals surface area contributed by atoms with E-state index in [4.69, 9.17) is 16.4 Å². The lowest BCUT2D eigenvalue weighted by molar-refractivity contribution is -0.0614. The van der Waals surface area contributed by atoms with Crippen molar-refractivity contribution >= 4 is 46.0 Å². The van der Waals surface area contributed by atoms with E-state index in [0.717, 1.165) is 23.7 Å². The van der Waals surface area contributed by atoms with Crippen LogP contribution in [0.2, 0.25) is 5.02 Å². The second-order valence-corrected chi connectivity index (χ2v) is 9.38. The van der Waals surface area contributed by atoms with Crippen molar-refractivity contribution in [1.82, 2.24) is 30.0 Å². The van der Waals surface area contributed by atoms with Gasteiger partial charge in [-0.25, -0.2) is 38.6 Å². The van der Waals surface area contributed by atoms with Gasteiger partial charge in [0.1, 0.15) is 35.4 Å². The predicted octanol–water partition coefficient (Wildman–Crippen LogP) is 6.43. The Morgan fingerprint density at radius 1 is 1.23 bits per heavy atom. The lowest BCUT2D eigenvalue weighted by Crippen LogP contribution is -2.31. The molecule has 4 heterocycles. The summed E-state index contributed by atoms with van der Waals surface area (Å²) in [6, 6.07) is 7.07. The number of hydrogen-bond acceptors (Lipinski definition) is 7. The van der Waals surface area contributed by atoms with Gasteiger partial charge >= 0.3 is 6.03 Å². The summed E-state index contributed by atoms with van der Waals surface area (Å²) in [4.78, 5) is 38.0. The van der Waals surface area contributed by atoms with Crippen LogP contribution in [0.5, 0.6) is 0 Å². The van der Waals surface area contributed by atoms with E-state index in [-0.39, 0.29) is 18.3 Å². The second-order valence-electron chi connectivity index (χ2n) is 8.95. The quantitative estimate of drug-likeness (QED) is 0.260. The highest BCUT2D eigenvalue weighted by Crippen LogP contribution is 2.34. The molecule has 1 aliphatic heterocycles. The molecule has 2 amide bonds. The van der Waals surface area contributed by atoms with Crippen molar-refractivity contribution in [3.8, 4) is 11.3 Å². The van der Waals surface area contributed by atoms with Gasteiger partial charge in [-0.3, -0.25) is 4.84 Å². The van der Waals surface area contributed by atoms with Gasteiger partial charge in [0, 0.05) is 29.6 Å². The normalized spacial score (nSPS) is 16.4. The number of halogens is 3. The molecule has 3 aromatic heterocycles. The van der Waals surface area contributed by atoms with Crippen molar-refractivity contribution in [2.24, 2.45) is 0 Å². The van der Waals surface area contributed by atoms with Gasteiger partial charge in [0.05, 0.1) is 24.5 Å². The van der Waals surface area contributed by atoms with Crippen LogP contribution in [0, 0.1) is 6.92 Å². The fraction of sp³-hybridized carbons (Fsp3) is 0.222. The molecule has 0 saturated carbocycles. The van der Waals surface area contributed by atoms with Crippen LogP contribution in [0.3, 0.4) is 0 Å². The van der Waals surface area contributed by atoms with E-state index in [0.29, 0.717) is 52.1 Å². The molecule has 1 atom stereocenters. The summed E-state index contributed by atoms with van der Waals surface area (Å²) in [5.74, 6) is 0.220. The number of hydrogen-bond donors (Lipinski definition) is 3. The van der Waals surface area contributed by atoms with E-state index in [9.17, 15) is 13.6 Å². The smallest absolute Gasteiger partial charge is 0.341 e. The Hall–Kier alpha value is -4.42. The Labute approximate surface area is 233 Å². The molecule has 1 unspecified atom stereocenters. The van der Waals surface area contributed by atoms with Crippen LogP contribution >= 0.6 is 11.6 Å². The summed E-state index contributed by atoms with van der Waals surface area (Å²) < 4.78 is 24.0. The van der Waals surface area contributed by atoms with E-state index < -0.39 is 6.17 Å². The number of nitrogens with zero attached hydrogens (tertiary/aromatic N) is 5. The molecular weight excluding hydrogens is 542 g/mol. The number of fused-ring (bicyclic) bond motifs is 1. The molecule has 3 N–H and O–H groups in total. The first-order valence-corrected chi connectivity index (χ1v) is 12.8.